The fraction of sp³-hybridized carbons (Fsp3) is 0.185. The van der Waals surface area contributed by atoms with Crippen LogP contribution in [-0.2, 0) is 4.79 Å². The van der Waals surface area contributed by atoms with Crippen LogP contribution in [0.5, 0.6) is 0 Å². The Kier molecular flexibility index (Phi) is 5.07. The number of anilines is 1. The van der Waals surface area contributed by atoms with Crippen LogP contribution in [0.4, 0.5) is 5.69 Å². The number of aryl methyl sites for hydroxylation is 1. The molecule has 1 amide bonds. The average Bonchev–Trinajstić information content (AvgIpc) is 3.60. The quantitative estimate of drug-likeness (QED) is 0.274. The van der Waals surface area contributed by atoms with Gasteiger partial charge in [0.15, 0.2) is 11.5 Å². The molecule has 9 nitrogen and oxygen atoms in total. The fourth-order valence-electron chi connectivity index (χ4n) is 4.58. The highest BCUT2D eigenvalue weighted by Gasteiger charge is 2.25. The topological polar surface area (TPSA) is 125 Å². The van der Waals surface area contributed by atoms with Gasteiger partial charge in [0.05, 0.1) is 33.5 Å². The van der Waals surface area contributed by atoms with Crippen LogP contribution in [-0.4, -0.2) is 41.0 Å². The second kappa shape index (κ2) is 8.59. The Hall–Kier alpha value is -4.44. The van der Waals surface area contributed by atoms with Gasteiger partial charge in [-0.15, -0.1) is 11.3 Å². The molecule has 0 aromatic carbocycles. The molecule has 37 heavy (non-hydrogen) atoms. The van der Waals surface area contributed by atoms with Gasteiger partial charge in [-0.1, -0.05) is 6.42 Å². The normalized spacial score (nSPS) is 13.8. The molecule has 0 spiro atoms. The number of nitrogens with one attached hydrogen (secondary N) is 3. The van der Waals surface area contributed by atoms with Gasteiger partial charge in [-0.25, -0.2) is 9.97 Å². The van der Waals surface area contributed by atoms with Crippen molar-refractivity contribution >= 4 is 45.0 Å². The number of pyridine rings is 3. The molecule has 0 aliphatic heterocycles. The maximum absolute atomic E-state index is 12.4. The standard InChI is InChI=1S/C27H22N8OS/c1-14-5-8-21(37-14)24-22-19(9-10-29-24)32-26(33-22)25-23-20(34-35-25)7-6-18(31-23)16-11-17(13-28-12-16)30-27(36)15-3-2-4-15/h5-13,15H,2-4H2,1H3,(H,30,36)(H,32,33)(H,34,35). The molecule has 0 bridgehead atoms. The zero-order chi connectivity index (χ0) is 24.9. The van der Waals surface area contributed by atoms with Crippen LogP contribution < -0.4 is 5.32 Å². The minimum atomic E-state index is 0.0576. The number of fused-ring (bicyclic) bond motifs is 2. The van der Waals surface area contributed by atoms with Crippen molar-refractivity contribution in [3.63, 3.8) is 0 Å². The minimum Gasteiger partial charge on any atom is -0.336 e. The van der Waals surface area contributed by atoms with Crippen molar-refractivity contribution in [3.8, 4) is 33.3 Å². The van der Waals surface area contributed by atoms with E-state index in [0.717, 1.165) is 57.6 Å². The van der Waals surface area contributed by atoms with Crippen molar-refractivity contribution < 1.29 is 4.79 Å². The summed E-state index contributed by atoms with van der Waals surface area (Å²) >= 11 is 1.69. The number of hydrogen-bond donors (Lipinski definition) is 3. The van der Waals surface area contributed by atoms with Crippen molar-refractivity contribution in [3.05, 3.63) is 59.9 Å². The third kappa shape index (κ3) is 3.86. The summed E-state index contributed by atoms with van der Waals surface area (Å²) in [6, 6.07) is 11.8. The monoisotopic (exact) mass is 506 g/mol. The number of hydrogen-bond acceptors (Lipinski definition) is 7. The highest BCUT2D eigenvalue weighted by molar-refractivity contribution is 7.15. The highest BCUT2D eigenvalue weighted by atomic mass is 32.1. The van der Waals surface area contributed by atoms with Crippen LogP contribution in [0.3, 0.4) is 0 Å². The van der Waals surface area contributed by atoms with Crippen molar-refractivity contribution in [2.75, 3.05) is 5.32 Å². The first-order valence-corrected chi connectivity index (χ1v) is 13.0. The molecule has 10 heteroatoms. The zero-order valence-corrected chi connectivity index (χ0v) is 20.8. The number of amides is 1. The molecule has 0 atom stereocenters. The summed E-state index contributed by atoms with van der Waals surface area (Å²) in [5.41, 5.74) is 6.87. The van der Waals surface area contributed by atoms with Crippen LogP contribution in [0.25, 0.3) is 55.4 Å². The number of rotatable bonds is 5. The van der Waals surface area contributed by atoms with Crippen LogP contribution in [0.1, 0.15) is 24.1 Å². The van der Waals surface area contributed by atoms with Crippen LogP contribution in [0.15, 0.2) is 55.0 Å². The lowest BCUT2D eigenvalue weighted by Gasteiger charge is -2.24. The number of thiophene rings is 1. The SMILES string of the molecule is Cc1ccc(-c2nccc3[nH]c(-c4n[nH]c5ccc(-c6cncc(NC(=O)C7CCC7)c6)nc45)nc23)s1. The lowest BCUT2D eigenvalue weighted by atomic mass is 9.85. The van der Waals surface area contributed by atoms with E-state index in [-0.39, 0.29) is 11.8 Å². The van der Waals surface area contributed by atoms with Crippen LogP contribution >= 0.6 is 11.3 Å². The molecule has 182 valence electrons. The first-order chi connectivity index (χ1) is 18.1. The molecule has 1 aliphatic rings. The van der Waals surface area contributed by atoms with E-state index in [1.807, 2.05) is 24.3 Å². The number of carbonyl (C=O) groups excluding carboxylic acids is 1. The Bertz CT molecular complexity index is 1790. The molecule has 1 aliphatic carbocycles. The summed E-state index contributed by atoms with van der Waals surface area (Å²) in [5.74, 6) is 0.783. The molecule has 6 heterocycles. The second-order valence-corrected chi connectivity index (χ2v) is 10.6. The van der Waals surface area contributed by atoms with Crippen LogP contribution in [0.2, 0.25) is 0 Å². The van der Waals surface area contributed by atoms with E-state index < -0.39 is 0 Å². The molecule has 1 saturated carbocycles. The summed E-state index contributed by atoms with van der Waals surface area (Å²) in [6.07, 6.45) is 8.22. The van der Waals surface area contributed by atoms with E-state index in [0.29, 0.717) is 22.7 Å². The second-order valence-electron chi connectivity index (χ2n) is 9.30. The Morgan fingerprint density at radius 1 is 1.03 bits per heavy atom. The van der Waals surface area contributed by atoms with Gasteiger partial charge in [0.1, 0.15) is 16.7 Å². The van der Waals surface area contributed by atoms with E-state index in [1.165, 1.54) is 4.88 Å². The third-order valence-corrected chi connectivity index (χ3v) is 7.79. The summed E-state index contributed by atoms with van der Waals surface area (Å²) < 4.78 is 0. The van der Waals surface area contributed by atoms with E-state index >= 15 is 0 Å². The van der Waals surface area contributed by atoms with E-state index in [1.54, 1.807) is 29.9 Å². The van der Waals surface area contributed by atoms with Gasteiger partial charge in [-0.05, 0) is 56.2 Å². The maximum Gasteiger partial charge on any atom is 0.227 e. The number of imidazole rings is 1. The first-order valence-electron chi connectivity index (χ1n) is 12.2. The minimum absolute atomic E-state index is 0.0576. The maximum atomic E-state index is 12.4. The van der Waals surface area contributed by atoms with Gasteiger partial charge in [0.25, 0.3) is 0 Å². The van der Waals surface area contributed by atoms with Gasteiger partial charge in [-0.3, -0.25) is 19.9 Å². The summed E-state index contributed by atoms with van der Waals surface area (Å²) in [4.78, 5) is 36.8. The zero-order valence-electron chi connectivity index (χ0n) is 19.9. The largest absolute Gasteiger partial charge is 0.336 e. The van der Waals surface area contributed by atoms with E-state index in [9.17, 15) is 4.79 Å². The van der Waals surface area contributed by atoms with Crippen molar-refractivity contribution in [1.82, 2.24) is 35.1 Å². The number of aromatic amines is 2. The predicted molar refractivity (Wildman–Crippen MR) is 144 cm³/mol. The van der Waals surface area contributed by atoms with E-state index in [2.05, 4.69) is 49.5 Å². The number of nitrogens with zero attached hydrogens (tertiary/aromatic N) is 5. The van der Waals surface area contributed by atoms with Gasteiger partial charge in [0, 0.05) is 28.8 Å². The molecule has 6 aromatic rings. The van der Waals surface area contributed by atoms with Crippen molar-refractivity contribution in [2.45, 2.75) is 26.2 Å². The fourth-order valence-corrected chi connectivity index (χ4v) is 5.44. The Morgan fingerprint density at radius 2 is 1.92 bits per heavy atom. The molecule has 3 N–H and O–H groups in total. The molecule has 0 saturated heterocycles. The smallest absolute Gasteiger partial charge is 0.227 e. The third-order valence-electron chi connectivity index (χ3n) is 6.78. The van der Waals surface area contributed by atoms with Gasteiger partial charge in [0.2, 0.25) is 5.91 Å². The Labute approximate surface area is 215 Å². The highest BCUT2D eigenvalue weighted by Crippen LogP contribution is 2.34. The Balaban J connectivity index is 1.26. The predicted octanol–water partition coefficient (Wildman–Crippen LogP) is 5.73. The summed E-state index contributed by atoms with van der Waals surface area (Å²) in [6.45, 7) is 2.08. The van der Waals surface area contributed by atoms with E-state index in [4.69, 9.17) is 9.97 Å². The number of carbonyl (C=O) groups is 1. The Morgan fingerprint density at radius 3 is 2.73 bits per heavy atom. The summed E-state index contributed by atoms with van der Waals surface area (Å²) in [7, 11) is 0. The van der Waals surface area contributed by atoms with Gasteiger partial charge in [-0.2, -0.15) is 5.10 Å². The number of aromatic nitrogens is 7. The number of H-pyrrole nitrogens is 2. The summed E-state index contributed by atoms with van der Waals surface area (Å²) in [5, 5.41) is 10.6. The molecule has 6 aromatic heterocycles. The van der Waals surface area contributed by atoms with Crippen LogP contribution in [0, 0.1) is 12.8 Å². The lowest BCUT2D eigenvalue weighted by Crippen LogP contribution is -2.28. The molecule has 0 unspecified atom stereocenters. The molecule has 1 fully saturated rings. The molecular formula is C27H22N8OS. The van der Waals surface area contributed by atoms with Gasteiger partial charge < -0.3 is 10.3 Å². The molecule has 7 rings (SSSR count). The lowest BCUT2D eigenvalue weighted by molar-refractivity contribution is -0.122. The van der Waals surface area contributed by atoms with Crippen molar-refractivity contribution in [2.24, 2.45) is 5.92 Å². The first kappa shape index (κ1) is 21.8. The molecule has 0 radical (unpaired) electrons. The van der Waals surface area contributed by atoms with Gasteiger partial charge >= 0.3 is 0 Å². The average molecular weight is 507 g/mol. The molecular weight excluding hydrogens is 484 g/mol. The van der Waals surface area contributed by atoms with Crippen molar-refractivity contribution in [1.29, 1.82) is 0 Å².